The van der Waals surface area contributed by atoms with E-state index in [-0.39, 0.29) is 0 Å². The Morgan fingerprint density at radius 2 is 2.12 bits per heavy atom. The summed E-state index contributed by atoms with van der Waals surface area (Å²) >= 11 is 3.44. The fourth-order valence-electron chi connectivity index (χ4n) is 2.00. The molecule has 0 amide bonds. The number of halogens is 1. The second kappa shape index (κ2) is 5.54. The number of imidazole rings is 1. The summed E-state index contributed by atoms with van der Waals surface area (Å²) in [5, 5.41) is 0. The Kier molecular flexibility index (Phi) is 4.05. The van der Waals surface area contributed by atoms with Gasteiger partial charge in [-0.3, -0.25) is 0 Å². The Morgan fingerprint density at radius 1 is 1.29 bits per heavy atom. The third kappa shape index (κ3) is 3.00. The van der Waals surface area contributed by atoms with E-state index >= 15 is 0 Å². The summed E-state index contributed by atoms with van der Waals surface area (Å²) in [7, 11) is 0. The van der Waals surface area contributed by atoms with Gasteiger partial charge in [0.1, 0.15) is 11.3 Å². The number of anilines is 1. The fourth-order valence-corrected chi connectivity index (χ4v) is 2.47. The first-order chi connectivity index (χ1) is 8.20. The molecule has 2 aromatic rings. The van der Waals surface area contributed by atoms with Crippen LogP contribution in [-0.2, 0) is 6.42 Å². The molecule has 0 aliphatic heterocycles. The van der Waals surface area contributed by atoms with Gasteiger partial charge in [0.15, 0.2) is 0 Å². The lowest BCUT2D eigenvalue weighted by Crippen LogP contribution is -1.88. The van der Waals surface area contributed by atoms with Gasteiger partial charge in [-0.1, -0.05) is 42.1 Å². The first kappa shape index (κ1) is 12.4. The van der Waals surface area contributed by atoms with Gasteiger partial charge in [-0.2, -0.15) is 0 Å². The maximum atomic E-state index is 5.93. The van der Waals surface area contributed by atoms with Crippen LogP contribution < -0.4 is 5.73 Å². The number of aryl methyl sites for hydroxylation is 1. The number of benzene rings is 1. The summed E-state index contributed by atoms with van der Waals surface area (Å²) in [5.41, 5.74) is 8.57. The highest BCUT2D eigenvalue weighted by Crippen LogP contribution is 2.24. The number of aromatic nitrogens is 2. The molecule has 92 valence electrons. The van der Waals surface area contributed by atoms with Crippen molar-refractivity contribution in [3.63, 3.8) is 0 Å². The minimum absolute atomic E-state index is 0.727. The smallest absolute Gasteiger partial charge is 0.112 e. The molecule has 17 heavy (non-hydrogen) atoms. The number of unbranched alkanes of at least 4 members (excludes halogenated alkanes) is 3. The molecule has 1 heterocycles. The largest absolute Gasteiger partial charge is 0.397 e. The van der Waals surface area contributed by atoms with Gasteiger partial charge in [0.25, 0.3) is 0 Å². The Hall–Kier alpha value is -1.03. The zero-order valence-electron chi connectivity index (χ0n) is 10.1. The number of H-pyrrole nitrogens is 1. The summed E-state index contributed by atoms with van der Waals surface area (Å²) < 4.78 is 0.990. The average Bonchev–Trinajstić information content (AvgIpc) is 2.67. The molecular formula is C13H18BrN3. The minimum atomic E-state index is 0.727. The van der Waals surface area contributed by atoms with E-state index in [0.29, 0.717) is 0 Å². The second-order valence-corrected chi connectivity index (χ2v) is 5.30. The SMILES string of the molecule is CCCCCCc1nc2c(N)cc(Br)cc2[nH]1. The highest BCUT2D eigenvalue weighted by molar-refractivity contribution is 9.10. The van der Waals surface area contributed by atoms with E-state index in [4.69, 9.17) is 5.73 Å². The summed E-state index contributed by atoms with van der Waals surface area (Å²) in [4.78, 5) is 7.88. The van der Waals surface area contributed by atoms with Crippen molar-refractivity contribution in [3.05, 3.63) is 22.4 Å². The molecule has 0 aliphatic rings. The second-order valence-electron chi connectivity index (χ2n) is 4.39. The number of hydrogen-bond acceptors (Lipinski definition) is 2. The van der Waals surface area contributed by atoms with Crippen LogP contribution in [0.3, 0.4) is 0 Å². The average molecular weight is 296 g/mol. The van der Waals surface area contributed by atoms with Crippen LogP contribution in [0, 0.1) is 0 Å². The third-order valence-electron chi connectivity index (χ3n) is 2.90. The number of aromatic amines is 1. The molecule has 0 saturated heterocycles. The molecule has 1 aromatic heterocycles. The van der Waals surface area contributed by atoms with E-state index < -0.39 is 0 Å². The van der Waals surface area contributed by atoms with Gasteiger partial charge in [0.05, 0.1) is 11.2 Å². The molecular weight excluding hydrogens is 278 g/mol. The van der Waals surface area contributed by atoms with Crippen LogP contribution in [0.4, 0.5) is 5.69 Å². The lowest BCUT2D eigenvalue weighted by Gasteiger charge is -1.95. The molecule has 0 saturated carbocycles. The van der Waals surface area contributed by atoms with Gasteiger partial charge in [-0.15, -0.1) is 0 Å². The molecule has 0 unspecified atom stereocenters. The Labute approximate surface area is 110 Å². The number of fused-ring (bicyclic) bond motifs is 1. The minimum Gasteiger partial charge on any atom is -0.397 e. The summed E-state index contributed by atoms with van der Waals surface area (Å²) in [6, 6.07) is 3.91. The highest BCUT2D eigenvalue weighted by atomic mass is 79.9. The van der Waals surface area contributed by atoms with Crippen LogP contribution >= 0.6 is 15.9 Å². The number of hydrogen-bond donors (Lipinski definition) is 2. The Bertz CT molecular complexity index is 505. The zero-order chi connectivity index (χ0) is 12.3. The number of nitrogens with zero attached hydrogens (tertiary/aromatic N) is 1. The van der Waals surface area contributed by atoms with Gasteiger partial charge in [0, 0.05) is 10.9 Å². The first-order valence-electron chi connectivity index (χ1n) is 6.14. The quantitative estimate of drug-likeness (QED) is 0.646. The maximum absolute atomic E-state index is 5.93. The van der Waals surface area contributed by atoms with Gasteiger partial charge >= 0.3 is 0 Å². The Balaban J connectivity index is 2.12. The maximum Gasteiger partial charge on any atom is 0.112 e. The molecule has 0 atom stereocenters. The molecule has 0 bridgehead atoms. The van der Waals surface area contributed by atoms with Crippen molar-refractivity contribution in [3.8, 4) is 0 Å². The van der Waals surface area contributed by atoms with Crippen molar-refractivity contribution in [1.82, 2.24) is 9.97 Å². The molecule has 3 N–H and O–H groups in total. The van der Waals surface area contributed by atoms with E-state index in [0.717, 1.165) is 33.4 Å². The van der Waals surface area contributed by atoms with Crippen LogP contribution in [0.2, 0.25) is 0 Å². The van der Waals surface area contributed by atoms with Crippen molar-refractivity contribution >= 4 is 32.7 Å². The van der Waals surface area contributed by atoms with Gasteiger partial charge in [-0.05, 0) is 18.6 Å². The lowest BCUT2D eigenvalue weighted by atomic mass is 10.1. The molecule has 2 rings (SSSR count). The molecule has 4 heteroatoms. The van der Waals surface area contributed by atoms with E-state index in [2.05, 4.69) is 32.8 Å². The van der Waals surface area contributed by atoms with Crippen molar-refractivity contribution in [2.75, 3.05) is 5.73 Å². The van der Waals surface area contributed by atoms with Crippen LogP contribution in [0.15, 0.2) is 16.6 Å². The highest BCUT2D eigenvalue weighted by Gasteiger charge is 2.06. The number of nitrogens with two attached hydrogens (primary N) is 1. The van der Waals surface area contributed by atoms with Crippen LogP contribution in [0.25, 0.3) is 11.0 Å². The van der Waals surface area contributed by atoms with Crippen molar-refractivity contribution in [2.24, 2.45) is 0 Å². The standard InChI is InChI=1S/C13H18BrN3/c1-2-3-4-5-6-12-16-11-8-9(14)7-10(15)13(11)17-12/h7-8H,2-6,15H2,1H3,(H,16,17). The van der Waals surface area contributed by atoms with Gasteiger partial charge in [0.2, 0.25) is 0 Å². The summed E-state index contributed by atoms with van der Waals surface area (Å²) in [6.45, 7) is 2.22. The van der Waals surface area contributed by atoms with Gasteiger partial charge < -0.3 is 10.7 Å². The monoisotopic (exact) mass is 295 g/mol. The zero-order valence-corrected chi connectivity index (χ0v) is 11.7. The van der Waals surface area contributed by atoms with E-state index in [1.54, 1.807) is 0 Å². The van der Waals surface area contributed by atoms with E-state index in [9.17, 15) is 0 Å². The lowest BCUT2D eigenvalue weighted by molar-refractivity contribution is 0.656. The van der Waals surface area contributed by atoms with E-state index in [1.165, 1.54) is 25.7 Å². The third-order valence-corrected chi connectivity index (χ3v) is 3.35. The van der Waals surface area contributed by atoms with Crippen LogP contribution in [-0.4, -0.2) is 9.97 Å². The molecule has 0 radical (unpaired) electrons. The predicted octanol–water partition coefficient (Wildman–Crippen LogP) is 4.03. The molecule has 0 spiro atoms. The van der Waals surface area contributed by atoms with Crippen molar-refractivity contribution in [1.29, 1.82) is 0 Å². The van der Waals surface area contributed by atoms with Crippen LogP contribution in [0.1, 0.15) is 38.4 Å². The molecule has 3 nitrogen and oxygen atoms in total. The predicted molar refractivity (Wildman–Crippen MR) is 76.1 cm³/mol. The Morgan fingerprint density at radius 3 is 2.88 bits per heavy atom. The normalized spacial score (nSPS) is 11.2. The van der Waals surface area contributed by atoms with E-state index in [1.807, 2.05) is 12.1 Å². The summed E-state index contributed by atoms with van der Waals surface area (Å²) in [5.74, 6) is 1.04. The topological polar surface area (TPSA) is 54.7 Å². The molecule has 1 aromatic carbocycles. The van der Waals surface area contributed by atoms with Gasteiger partial charge in [-0.25, -0.2) is 4.98 Å². The van der Waals surface area contributed by atoms with Crippen molar-refractivity contribution < 1.29 is 0 Å². The number of nitrogens with one attached hydrogen (secondary N) is 1. The number of rotatable bonds is 5. The number of nitrogen functional groups attached to an aromatic ring is 1. The molecule has 0 aliphatic carbocycles. The molecule has 0 fully saturated rings. The first-order valence-corrected chi connectivity index (χ1v) is 6.93. The fraction of sp³-hybridized carbons (Fsp3) is 0.462. The van der Waals surface area contributed by atoms with Crippen LogP contribution in [0.5, 0.6) is 0 Å². The van der Waals surface area contributed by atoms with Crippen molar-refractivity contribution in [2.45, 2.75) is 39.0 Å². The summed E-state index contributed by atoms with van der Waals surface area (Å²) in [6.07, 6.45) is 6.03.